The van der Waals surface area contributed by atoms with Gasteiger partial charge in [-0.25, -0.2) is 14.0 Å². The molecule has 8 heteroatoms. The quantitative estimate of drug-likeness (QED) is 0.595. The number of nitrogens with two attached hydrogens (primary N) is 1. The molecule has 2 aromatic rings. The first-order chi connectivity index (χ1) is 12.8. The summed E-state index contributed by atoms with van der Waals surface area (Å²) in [5.74, 6) is -2.47. The Hall–Kier alpha value is -3.42. The smallest absolute Gasteiger partial charge is 0.340 e. The van der Waals surface area contributed by atoms with Crippen LogP contribution >= 0.6 is 0 Å². The van der Waals surface area contributed by atoms with Gasteiger partial charge < -0.3 is 20.5 Å². The van der Waals surface area contributed by atoms with Gasteiger partial charge in [-0.1, -0.05) is 0 Å². The number of carbonyl (C=O) groups is 3. The minimum atomic E-state index is -0.838. The van der Waals surface area contributed by atoms with Crippen LogP contribution in [0.4, 0.5) is 15.8 Å². The van der Waals surface area contributed by atoms with E-state index in [1.165, 1.54) is 30.3 Å². The van der Waals surface area contributed by atoms with Crippen molar-refractivity contribution < 1.29 is 28.2 Å². The van der Waals surface area contributed by atoms with Crippen molar-refractivity contribution in [2.45, 2.75) is 20.0 Å². The van der Waals surface area contributed by atoms with Gasteiger partial charge in [0.2, 0.25) is 0 Å². The molecule has 0 atom stereocenters. The van der Waals surface area contributed by atoms with Crippen molar-refractivity contribution in [2.24, 2.45) is 0 Å². The normalized spacial score (nSPS) is 10.4. The third kappa shape index (κ3) is 5.81. The Kier molecular flexibility index (Phi) is 6.48. The van der Waals surface area contributed by atoms with Crippen molar-refractivity contribution >= 4 is 29.2 Å². The number of amides is 1. The molecule has 7 nitrogen and oxygen atoms in total. The van der Waals surface area contributed by atoms with Crippen LogP contribution in [0, 0.1) is 5.82 Å². The van der Waals surface area contributed by atoms with Crippen LogP contribution in [0.1, 0.15) is 34.6 Å². The molecule has 142 valence electrons. The summed E-state index contributed by atoms with van der Waals surface area (Å²) in [6.45, 7) is 2.94. The molecule has 0 radical (unpaired) electrons. The summed E-state index contributed by atoms with van der Waals surface area (Å²) in [7, 11) is 0. The molecule has 0 aliphatic carbocycles. The standard InChI is InChI=1S/C19H19FN2O5/c1-11(2)27-18(24)12-3-6-14(7-4-12)22-17(23)10-26-19(25)15-8-5-13(20)9-16(15)21/h3-9,11H,10,21H2,1-2H3,(H,22,23). The van der Waals surface area contributed by atoms with E-state index < -0.39 is 30.3 Å². The average Bonchev–Trinajstić information content (AvgIpc) is 2.59. The summed E-state index contributed by atoms with van der Waals surface area (Å²) in [5.41, 5.74) is 6.19. The number of anilines is 2. The number of nitrogens with one attached hydrogen (secondary N) is 1. The molecule has 2 aromatic carbocycles. The van der Waals surface area contributed by atoms with Gasteiger partial charge in [0.1, 0.15) is 5.82 Å². The highest BCUT2D eigenvalue weighted by Gasteiger charge is 2.14. The maximum Gasteiger partial charge on any atom is 0.340 e. The van der Waals surface area contributed by atoms with E-state index in [9.17, 15) is 18.8 Å². The first kappa shape index (κ1) is 19.9. The molecular weight excluding hydrogens is 355 g/mol. The zero-order valence-electron chi connectivity index (χ0n) is 14.8. The van der Waals surface area contributed by atoms with E-state index in [4.69, 9.17) is 15.2 Å². The lowest BCUT2D eigenvalue weighted by molar-refractivity contribution is -0.119. The monoisotopic (exact) mass is 374 g/mol. The Morgan fingerprint density at radius 1 is 1.07 bits per heavy atom. The number of carbonyl (C=O) groups excluding carboxylic acids is 3. The Bertz CT molecular complexity index is 850. The van der Waals surface area contributed by atoms with E-state index in [-0.39, 0.29) is 17.4 Å². The highest BCUT2D eigenvalue weighted by molar-refractivity contribution is 5.98. The number of hydrogen-bond acceptors (Lipinski definition) is 6. The van der Waals surface area contributed by atoms with Crippen LogP contribution in [0.25, 0.3) is 0 Å². The van der Waals surface area contributed by atoms with E-state index >= 15 is 0 Å². The summed E-state index contributed by atoms with van der Waals surface area (Å²) in [6.07, 6.45) is -0.235. The fourth-order valence-electron chi connectivity index (χ4n) is 2.10. The second kappa shape index (κ2) is 8.79. The van der Waals surface area contributed by atoms with Crippen molar-refractivity contribution in [2.75, 3.05) is 17.7 Å². The Balaban J connectivity index is 1.88. The van der Waals surface area contributed by atoms with Crippen molar-refractivity contribution in [3.63, 3.8) is 0 Å². The van der Waals surface area contributed by atoms with Crippen LogP contribution in [0.5, 0.6) is 0 Å². The van der Waals surface area contributed by atoms with Gasteiger partial charge in [-0.3, -0.25) is 4.79 Å². The number of nitrogen functional groups attached to an aromatic ring is 1. The van der Waals surface area contributed by atoms with Crippen molar-refractivity contribution in [3.8, 4) is 0 Å². The van der Waals surface area contributed by atoms with Gasteiger partial charge in [0.25, 0.3) is 5.91 Å². The van der Waals surface area contributed by atoms with Gasteiger partial charge in [-0.05, 0) is 56.3 Å². The predicted molar refractivity (Wildman–Crippen MR) is 96.7 cm³/mol. The van der Waals surface area contributed by atoms with Crippen molar-refractivity contribution in [1.82, 2.24) is 0 Å². The first-order valence-electron chi connectivity index (χ1n) is 8.09. The molecule has 0 saturated heterocycles. The number of halogens is 1. The van der Waals surface area contributed by atoms with Gasteiger partial charge in [0, 0.05) is 11.4 Å². The fourth-order valence-corrected chi connectivity index (χ4v) is 2.10. The van der Waals surface area contributed by atoms with Gasteiger partial charge in [0.15, 0.2) is 6.61 Å². The molecular formula is C19H19FN2O5. The van der Waals surface area contributed by atoms with Gasteiger partial charge >= 0.3 is 11.9 Å². The second-order valence-electron chi connectivity index (χ2n) is 5.89. The number of rotatable bonds is 6. The Morgan fingerprint density at radius 3 is 2.33 bits per heavy atom. The third-order valence-corrected chi connectivity index (χ3v) is 3.31. The minimum absolute atomic E-state index is 0.0304. The molecule has 3 N–H and O–H groups in total. The number of benzene rings is 2. The molecule has 0 bridgehead atoms. The summed E-state index contributed by atoms with van der Waals surface area (Å²) in [5, 5.41) is 2.52. The molecule has 0 aromatic heterocycles. The van der Waals surface area contributed by atoms with Crippen LogP contribution in [0.15, 0.2) is 42.5 Å². The maximum atomic E-state index is 13.0. The lowest BCUT2D eigenvalue weighted by atomic mass is 10.2. The van der Waals surface area contributed by atoms with Crippen molar-refractivity contribution in [1.29, 1.82) is 0 Å². The van der Waals surface area contributed by atoms with Gasteiger partial charge in [0.05, 0.1) is 17.2 Å². The summed E-state index contributed by atoms with van der Waals surface area (Å²) in [4.78, 5) is 35.5. The molecule has 0 aliphatic heterocycles. The van der Waals surface area contributed by atoms with E-state index in [2.05, 4.69) is 5.32 Å². The molecule has 0 unspecified atom stereocenters. The highest BCUT2D eigenvalue weighted by Crippen LogP contribution is 2.15. The highest BCUT2D eigenvalue weighted by atomic mass is 19.1. The average molecular weight is 374 g/mol. The van der Waals surface area contributed by atoms with E-state index in [1.54, 1.807) is 13.8 Å². The van der Waals surface area contributed by atoms with Crippen molar-refractivity contribution in [3.05, 3.63) is 59.4 Å². The van der Waals surface area contributed by atoms with Crippen LogP contribution in [0.2, 0.25) is 0 Å². The Morgan fingerprint density at radius 2 is 1.74 bits per heavy atom. The number of hydrogen-bond donors (Lipinski definition) is 2. The number of esters is 2. The molecule has 2 rings (SSSR count). The molecule has 0 aliphatic rings. The molecule has 0 saturated carbocycles. The van der Waals surface area contributed by atoms with Crippen LogP contribution in [-0.2, 0) is 14.3 Å². The fraction of sp³-hybridized carbons (Fsp3) is 0.211. The first-order valence-corrected chi connectivity index (χ1v) is 8.09. The van der Waals surface area contributed by atoms with Crippen LogP contribution in [0.3, 0.4) is 0 Å². The second-order valence-corrected chi connectivity index (χ2v) is 5.89. The zero-order valence-corrected chi connectivity index (χ0v) is 14.8. The third-order valence-electron chi connectivity index (χ3n) is 3.31. The van der Waals surface area contributed by atoms with E-state index in [0.717, 1.165) is 12.1 Å². The Labute approximate surface area is 155 Å². The molecule has 27 heavy (non-hydrogen) atoms. The minimum Gasteiger partial charge on any atom is -0.459 e. The summed E-state index contributed by atoms with van der Waals surface area (Å²) >= 11 is 0. The predicted octanol–water partition coefficient (Wildman–Crippen LogP) is 2.77. The summed E-state index contributed by atoms with van der Waals surface area (Å²) in [6, 6.07) is 9.29. The topological polar surface area (TPSA) is 108 Å². The van der Waals surface area contributed by atoms with E-state index in [0.29, 0.717) is 11.3 Å². The zero-order chi connectivity index (χ0) is 20.0. The maximum absolute atomic E-state index is 13.0. The largest absolute Gasteiger partial charge is 0.459 e. The SMILES string of the molecule is CC(C)OC(=O)c1ccc(NC(=O)COC(=O)c2ccc(F)cc2N)cc1. The van der Waals surface area contributed by atoms with Crippen LogP contribution in [-0.4, -0.2) is 30.6 Å². The van der Waals surface area contributed by atoms with Crippen LogP contribution < -0.4 is 11.1 Å². The molecule has 1 amide bonds. The number of ether oxygens (including phenoxy) is 2. The molecule has 0 fully saturated rings. The van der Waals surface area contributed by atoms with Gasteiger partial charge in [-0.15, -0.1) is 0 Å². The van der Waals surface area contributed by atoms with Gasteiger partial charge in [-0.2, -0.15) is 0 Å². The van der Waals surface area contributed by atoms with E-state index in [1.807, 2.05) is 0 Å². The lowest BCUT2D eigenvalue weighted by Gasteiger charge is -2.10. The summed E-state index contributed by atoms with van der Waals surface area (Å²) < 4.78 is 22.9. The molecule has 0 spiro atoms. The lowest BCUT2D eigenvalue weighted by Crippen LogP contribution is -2.21. The molecule has 0 heterocycles.